The Labute approximate surface area is 167 Å². The van der Waals surface area contributed by atoms with Crippen molar-refractivity contribution < 1.29 is 14.4 Å². The Kier molecular flexibility index (Phi) is 7.32. The number of carbonyl (C=O) groups is 2. The molecule has 0 fully saturated rings. The van der Waals surface area contributed by atoms with E-state index in [1.54, 1.807) is 30.2 Å². The standard InChI is InChI=1S/C23H30N2O3/c1-6-11-18(24-28-14-7-2)21-19(15-23(3,4)16-20(21)26)25(5)22(27)17-12-9-8-10-13-17/h7-10,12-13H,2,6,11,14-16H2,1,3-5H3. The number of hydrogen-bond acceptors (Lipinski definition) is 4. The fourth-order valence-corrected chi connectivity index (χ4v) is 3.42. The molecule has 0 aromatic heterocycles. The van der Waals surface area contributed by atoms with Gasteiger partial charge < -0.3 is 9.74 Å². The average Bonchev–Trinajstić information content (AvgIpc) is 2.66. The van der Waals surface area contributed by atoms with Crippen LogP contribution in [0.4, 0.5) is 0 Å². The van der Waals surface area contributed by atoms with Gasteiger partial charge in [-0.2, -0.15) is 0 Å². The molecule has 5 nitrogen and oxygen atoms in total. The van der Waals surface area contributed by atoms with Gasteiger partial charge in [-0.05, 0) is 30.4 Å². The lowest BCUT2D eigenvalue weighted by Gasteiger charge is -2.36. The van der Waals surface area contributed by atoms with Crippen LogP contribution in [0.1, 0.15) is 56.8 Å². The molecule has 0 saturated heterocycles. The van der Waals surface area contributed by atoms with Crippen LogP contribution in [0.5, 0.6) is 0 Å². The van der Waals surface area contributed by atoms with Gasteiger partial charge in [0.05, 0.1) is 11.3 Å². The summed E-state index contributed by atoms with van der Waals surface area (Å²) in [7, 11) is 1.73. The van der Waals surface area contributed by atoms with Crippen LogP contribution in [0.15, 0.2) is 59.4 Å². The predicted molar refractivity (Wildman–Crippen MR) is 112 cm³/mol. The summed E-state index contributed by atoms with van der Waals surface area (Å²) in [6, 6.07) is 9.10. The molecule has 0 spiro atoms. The van der Waals surface area contributed by atoms with Crippen molar-refractivity contribution in [2.75, 3.05) is 13.7 Å². The Hall–Kier alpha value is -2.69. The summed E-state index contributed by atoms with van der Waals surface area (Å²) in [6.45, 7) is 10.0. The fraction of sp³-hybridized carbons (Fsp3) is 0.435. The molecule has 0 heterocycles. The summed E-state index contributed by atoms with van der Waals surface area (Å²) in [5, 5.41) is 4.22. The lowest BCUT2D eigenvalue weighted by molar-refractivity contribution is -0.117. The molecule has 1 amide bonds. The summed E-state index contributed by atoms with van der Waals surface area (Å²) in [6.07, 6.45) is 4.07. The van der Waals surface area contributed by atoms with Gasteiger partial charge in [0.2, 0.25) is 0 Å². The maximum atomic E-state index is 13.1. The van der Waals surface area contributed by atoms with Crippen molar-refractivity contribution in [3.8, 4) is 0 Å². The van der Waals surface area contributed by atoms with Crippen LogP contribution in [-0.4, -0.2) is 36.0 Å². The molecule has 0 aliphatic heterocycles. The fourth-order valence-electron chi connectivity index (χ4n) is 3.42. The average molecular weight is 383 g/mol. The smallest absolute Gasteiger partial charge is 0.257 e. The zero-order chi connectivity index (χ0) is 20.7. The number of carbonyl (C=O) groups excluding carboxylic acids is 2. The summed E-state index contributed by atoms with van der Waals surface area (Å²) < 4.78 is 0. The van der Waals surface area contributed by atoms with Crippen LogP contribution in [-0.2, 0) is 9.63 Å². The molecule has 1 aromatic rings. The van der Waals surface area contributed by atoms with E-state index in [1.165, 1.54) is 0 Å². The van der Waals surface area contributed by atoms with Crippen LogP contribution in [0.25, 0.3) is 0 Å². The number of oxime groups is 1. The van der Waals surface area contributed by atoms with E-state index in [0.717, 1.165) is 6.42 Å². The van der Waals surface area contributed by atoms with Crippen molar-refractivity contribution >= 4 is 17.4 Å². The second-order valence-corrected chi connectivity index (χ2v) is 7.87. The topological polar surface area (TPSA) is 59.0 Å². The lowest BCUT2D eigenvalue weighted by atomic mass is 9.74. The first-order chi connectivity index (χ1) is 13.3. The molecule has 150 valence electrons. The van der Waals surface area contributed by atoms with E-state index in [4.69, 9.17) is 4.84 Å². The number of rotatable bonds is 8. The third-order valence-electron chi connectivity index (χ3n) is 4.73. The van der Waals surface area contributed by atoms with E-state index in [0.29, 0.717) is 41.8 Å². The Balaban J connectivity index is 2.53. The molecule has 0 atom stereocenters. The van der Waals surface area contributed by atoms with Crippen molar-refractivity contribution in [3.63, 3.8) is 0 Å². The molecule has 0 saturated carbocycles. The Morgan fingerprint density at radius 3 is 2.57 bits per heavy atom. The van der Waals surface area contributed by atoms with Gasteiger partial charge in [0.25, 0.3) is 5.91 Å². The molecule has 1 aliphatic rings. The minimum absolute atomic E-state index is 0.00775. The van der Waals surface area contributed by atoms with Crippen LogP contribution >= 0.6 is 0 Å². The number of Topliss-reactive ketones (excluding diaryl/α,β-unsaturated/α-hetero) is 1. The van der Waals surface area contributed by atoms with Crippen LogP contribution in [0.3, 0.4) is 0 Å². The SMILES string of the molecule is C=CCON=C(CCC)C1=C(N(C)C(=O)c2ccccc2)CC(C)(C)CC1=O. The lowest BCUT2D eigenvalue weighted by Crippen LogP contribution is -2.37. The molecular formula is C23H30N2O3. The molecule has 5 heteroatoms. The van der Waals surface area contributed by atoms with Gasteiger partial charge in [0, 0.05) is 24.7 Å². The minimum Gasteiger partial charge on any atom is -0.391 e. The maximum Gasteiger partial charge on any atom is 0.257 e. The molecule has 0 bridgehead atoms. The molecule has 2 rings (SSSR count). The second kappa shape index (κ2) is 9.49. The predicted octanol–water partition coefficient (Wildman–Crippen LogP) is 4.76. The quantitative estimate of drug-likeness (QED) is 0.282. The van der Waals surface area contributed by atoms with E-state index in [9.17, 15) is 9.59 Å². The monoisotopic (exact) mass is 382 g/mol. The largest absolute Gasteiger partial charge is 0.391 e. The van der Waals surface area contributed by atoms with Crippen molar-refractivity contribution in [1.29, 1.82) is 0 Å². The first kappa shape index (κ1) is 21.6. The minimum atomic E-state index is -0.222. The van der Waals surface area contributed by atoms with Crippen molar-refractivity contribution in [1.82, 2.24) is 4.90 Å². The van der Waals surface area contributed by atoms with Crippen LogP contribution < -0.4 is 0 Å². The van der Waals surface area contributed by atoms with Gasteiger partial charge in [0.15, 0.2) is 5.78 Å². The number of ketones is 1. The molecule has 0 N–H and O–H groups in total. The van der Waals surface area contributed by atoms with E-state index in [2.05, 4.69) is 11.7 Å². The number of nitrogens with zero attached hydrogens (tertiary/aromatic N) is 2. The van der Waals surface area contributed by atoms with Crippen LogP contribution in [0, 0.1) is 5.41 Å². The number of amides is 1. The van der Waals surface area contributed by atoms with E-state index < -0.39 is 0 Å². The first-order valence-corrected chi connectivity index (χ1v) is 9.70. The second-order valence-electron chi connectivity index (χ2n) is 7.87. The normalized spacial score (nSPS) is 16.7. The van der Waals surface area contributed by atoms with Gasteiger partial charge in [0.1, 0.15) is 6.61 Å². The summed E-state index contributed by atoms with van der Waals surface area (Å²) in [5.74, 6) is -0.130. The van der Waals surface area contributed by atoms with Gasteiger partial charge >= 0.3 is 0 Å². The van der Waals surface area contributed by atoms with Crippen LogP contribution in [0.2, 0.25) is 0 Å². The Bertz CT molecular complexity index is 791. The third-order valence-corrected chi connectivity index (χ3v) is 4.73. The van der Waals surface area contributed by atoms with Crippen molar-refractivity contribution in [2.45, 2.75) is 46.5 Å². The summed E-state index contributed by atoms with van der Waals surface area (Å²) >= 11 is 0. The molecule has 28 heavy (non-hydrogen) atoms. The Morgan fingerprint density at radius 1 is 1.29 bits per heavy atom. The summed E-state index contributed by atoms with van der Waals surface area (Å²) in [4.78, 5) is 33.0. The number of benzene rings is 1. The summed E-state index contributed by atoms with van der Waals surface area (Å²) in [5.41, 5.74) is 2.21. The molecule has 0 unspecified atom stereocenters. The van der Waals surface area contributed by atoms with Gasteiger partial charge in [-0.1, -0.05) is 63.2 Å². The third kappa shape index (κ3) is 5.18. The van der Waals surface area contributed by atoms with Gasteiger partial charge in [-0.3, -0.25) is 9.59 Å². The highest BCUT2D eigenvalue weighted by Gasteiger charge is 2.37. The Morgan fingerprint density at radius 2 is 1.96 bits per heavy atom. The zero-order valence-electron chi connectivity index (χ0n) is 17.3. The number of hydrogen-bond donors (Lipinski definition) is 0. The molecular weight excluding hydrogens is 352 g/mol. The van der Waals surface area contributed by atoms with E-state index in [-0.39, 0.29) is 23.7 Å². The first-order valence-electron chi connectivity index (χ1n) is 9.70. The highest BCUT2D eigenvalue weighted by Crippen LogP contribution is 2.39. The van der Waals surface area contributed by atoms with Gasteiger partial charge in [-0.15, -0.1) is 0 Å². The van der Waals surface area contributed by atoms with Crippen molar-refractivity contribution in [2.24, 2.45) is 10.6 Å². The number of allylic oxidation sites excluding steroid dienone is 2. The zero-order valence-corrected chi connectivity index (χ0v) is 17.3. The highest BCUT2D eigenvalue weighted by molar-refractivity contribution is 6.23. The van der Waals surface area contributed by atoms with Crippen molar-refractivity contribution in [3.05, 3.63) is 59.8 Å². The molecule has 1 aliphatic carbocycles. The van der Waals surface area contributed by atoms with Gasteiger partial charge in [-0.25, -0.2) is 0 Å². The highest BCUT2D eigenvalue weighted by atomic mass is 16.6. The van der Waals surface area contributed by atoms with E-state index in [1.807, 2.05) is 39.0 Å². The van der Waals surface area contributed by atoms with E-state index >= 15 is 0 Å². The molecule has 1 aromatic carbocycles. The maximum absolute atomic E-state index is 13.1. The molecule has 0 radical (unpaired) electrons.